The molecule has 1 saturated heterocycles. The molecule has 1 aliphatic carbocycles. The number of aliphatic hydroxyl groups excluding tert-OH is 1. The predicted molar refractivity (Wildman–Crippen MR) is 77.3 cm³/mol. The van der Waals surface area contributed by atoms with Crippen LogP contribution in [0.3, 0.4) is 0 Å². The Morgan fingerprint density at radius 3 is 2.11 bits per heavy atom. The van der Waals surface area contributed by atoms with Gasteiger partial charge in [0.2, 0.25) is 0 Å². The van der Waals surface area contributed by atoms with E-state index in [4.69, 9.17) is 0 Å². The van der Waals surface area contributed by atoms with Gasteiger partial charge < -0.3 is 10.3 Å². The molecule has 0 bridgehead atoms. The van der Waals surface area contributed by atoms with Crippen LogP contribution in [0, 0.1) is 0 Å². The van der Waals surface area contributed by atoms with Crippen molar-refractivity contribution in [1.82, 2.24) is 5.06 Å². The third kappa shape index (κ3) is 4.44. The second-order valence-corrected chi connectivity index (χ2v) is 6.68. The van der Waals surface area contributed by atoms with Crippen LogP contribution in [0.2, 0.25) is 0 Å². The van der Waals surface area contributed by atoms with E-state index in [9.17, 15) is 10.3 Å². The quantitative estimate of drug-likeness (QED) is 0.701. The van der Waals surface area contributed by atoms with Crippen molar-refractivity contribution >= 4 is 0 Å². The standard InChI is InChI=1S/C16H31NO2/c18-15-10-6-2-1-5-9-13-17(19)16(14-15)11-7-3-4-8-12-16/h15,18-19H,1-14H2. The van der Waals surface area contributed by atoms with Crippen molar-refractivity contribution in [2.45, 2.75) is 95.1 Å². The first-order chi connectivity index (χ1) is 9.23. The summed E-state index contributed by atoms with van der Waals surface area (Å²) in [5.41, 5.74) is -0.139. The Kier molecular flexibility index (Phi) is 6.11. The second-order valence-electron chi connectivity index (χ2n) is 6.68. The van der Waals surface area contributed by atoms with Gasteiger partial charge in [0.1, 0.15) is 0 Å². The Balaban J connectivity index is 2.07. The van der Waals surface area contributed by atoms with E-state index in [1.807, 2.05) is 0 Å². The molecule has 3 heteroatoms. The SMILES string of the molecule is OC1CCCCCCCN(O)C2(CCCCCC2)C1. The van der Waals surface area contributed by atoms with E-state index >= 15 is 0 Å². The third-order valence-electron chi connectivity index (χ3n) is 5.10. The molecule has 2 fully saturated rings. The molecule has 0 aromatic rings. The smallest absolute Gasteiger partial charge is 0.0558 e. The lowest BCUT2D eigenvalue weighted by Gasteiger charge is -2.41. The first-order valence-corrected chi connectivity index (χ1v) is 8.38. The van der Waals surface area contributed by atoms with Crippen molar-refractivity contribution < 1.29 is 10.3 Å². The summed E-state index contributed by atoms with van der Waals surface area (Å²) in [7, 11) is 0. The zero-order valence-electron chi connectivity index (χ0n) is 12.3. The summed E-state index contributed by atoms with van der Waals surface area (Å²) in [6.45, 7) is 0.784. The summed E-state index contributed by atoms with van der Waals surface area (Å²) in [5.74, 6) is 0. The van der Waals surface area contributed by atoms with Gasteiger partial charge in [-0.3, -0.25) is 0 Å². The summed E-state index contributed by atoms with van der Waals surface area (Å²) in [6.07, 6.45) is 14.4. The van der Waals surface area contributed by atoms with E-state index in [-0.39, 0.29) is 11.6 Å². The fourth-order valence-corrected chi connectivity index (χ4v) is 3.90. The fourth-order valence-electron chi connectivity index (χ4n) is 3.90. The largest absolute Gasteiger partial charge is 0.393 e. The monoisotopic (exact) mass is 269 g/mol. The van der Waals surface area contributed by atoms with Gasteiger partial charge in [0.05, 0.1) is 6.10 Å². The molecule has 0 amide bonds. The molecule has 0 aromatic heterocycles. The summed E-state index contributed by atoms with van der Waals surface area (Å²) in [6, 6.07) is 0. The Bertz CT molecular complexity index is 249. The lowest BCUT2D eigenvalue weighted by Crippen LogP contribution is -2.49. The van der Waals surface area contributed by atoms with Crippen LogP contribution in [0.25, 0.3) is 0 Å². The van der Waals surface area contributed by atoms with Gasteiger partial charge in [0.25, 0.3) is 0 Å². The van der Waals surface area contributed by atoms with E-state index in [1.54, 1.807) is 5.06 Å². The summed E-state index contributed by atoms with van der Waals surface area (Å²) in [4.78, 5) is 0. The van der Waals surface area contributed by atoms with Crippen molar-refractivity contribution in [3.8, 4) is 0 Å². The molecule has 2 rings (SSSR count). The Morgan fingerprint density at radius 2 is 1.37 bits per heavy atom. The Hall–Kier alpha value is -0.120. The van der Waals surface area contributed by atoms with Gasteiger partial charge in [-0.1, -0.05) is 51.4 Å². The fraction of sp³-hybridized carbons (Fsp3) is 1.00. The van der Waals surface area contributed by atoms with Crippen LogP contribution in [0.1, 0.15) is 83.5 Å². The predicted octanol–water partition coefficient (Wildman–Crippen LogP) is 3.88. The van der Waals surface area contributed by atoms with Gasteiger partial charge >= 0.3 is 0 Å². The zero-order valence-corrected chi connectivity index (χ0v) is 12.3. The molecule has 112 valence electrons. The molecule has 2 N–H and O–H groups in total. The molecule has 2 aliphatic rings. The lowest BCUT2D eigenvalue weighted by atomic mass is 9.83. The van der Waals surface area contributed by atoms with E-state index in [1.165, 1.54) is 44.9 Å². The number of hydrogen-bond donors (Lipinski definition) is 2. The molecule has 1 spiro atoms. The maximum atomic E-state index is 10.6. The number of nitrogens with zero attached hydrogens (tertiary/aromatic N) is 1. The van der Waals surface area contributed by atoms with Gasteiger partial charge in [-0.25, -0.2) is 0 Å². The maximum absolute atomic E-state index is 10.6. The minimum atomic E-state index is -0.231. The van der Waals surface area contributed by atoms with Gasteiger partial charge in [0, 0.05) is 12.1 Å². The molecule has 1 unspecified atom stereocenters. The second kappa shape index (κ2) is 7.61. The van der Waals surface area contributed by atoms with Crippen molar-refractivity contribution in [3.63, 3.8) is 0 Å². The molecule has 0 aromatic carbocycles. The van der Waals surface area contributed by atoms with Crippen LogP contribution in [0.5, 0.6) is 0 Å². The third-order valence-corrected chi connectivity index (χ3v) is 5.10. The maximum Gasteiger partial charge on any atom is 0.0558 e. The minimum Gasteiger partial charge on any atom is -0.393 e. The molecule has 1 heterocycles. The van der Waals surface area contributed by atoms with Crippen LogP contribution < -0.4 is 0 Å². The Morgan fingerprint density at radius 1 is 0.789 bits per heavy atom. The van der Waals surface area contributed by atoms with Crippen molar-refractivity contribution in [1.29, 1.82) is 0 Å². The molecule has 1 saturated carbocycles. The van der Waals surface area contributed by atoms with E-state index in [0.717, 1.165) is 45.1 Å². The van der Waals surface area contributed by atoms with E-state index in [2.05, 4.69) is 0 Å². The minimum absolute atomic E-state index is 0.139. The van der Waals surface area contributed by atoms with Crippen LogP contribution in [0.4, 0.5) is 0 Å². The molecule has 0 radical (unpaired) electrons. The van der Waals surface area contributed by atoms with Crippen molar-refractivity contribution in [2.75, 3.05) is 6.54 Å². The van der Waals surface area contributed by atoms with Crippen molar-refractivity contribution in [3.05, 3.63) is 0 Å². The van der Waals surface area contributed by atoms with Gasteiger partial charge in [-0.05, 0) is 32.1 Å². The van der Waals surface area contributed by atoms with Crippen LogP contribution in [0.15, 0.2) is 0 Å². The summed E-state index contributed by atoms with van der Waals surface area (Å²) >= 11 is 0. The van der Waals surface area contributed by atoms with Gasteiger partial charge in [0.15, 0.2) is 0 Å². The van der Waals surface area contributed by atoms with E-state index in [0.29, 0.717) is 0 Å². The summed E-state index contributed by atoms with van der Waals surface area (Å²) in [5, 5.41) is 22.5. The average molecular weight is 269 g/mol. The zero-order chi connectivity index (χ0) is 13.6. The highest BCUT2D eigenvalue weighted by molar-refractivity contribution is 4.91. The molecule has 3 nitrogen and oxygen atoms in total. The van der Waals surface area contributed by atoms with Crippen LogP contribution in [-0.4, -0.2) is 33.6 Å². The highest BCUT2D eigenvalue weighted by atomic mass is 16.5. The highest BCUT2D eigenvalue weighted by Crippen LogP contribution is 2.36. The van der Waals surface area contributed by atoms with Gasteiger partial charge in [-0.15, -0.1) is 0 Å². The molecule has 19 heavy (non-hydrogen) atoms. The first-order valence-electron chi connectivity index (χ1n) is 8.38. The first kappa shape index (κ1) is 15.3. The molecule has 1 aliphatic heterocycles. The Labute approximate surface area is 118 Å². The molecular weight excluding hydrogens is 238 g/mol. The number of rotatable bonds is 0. The van der Waals surface area contributed by atoms with Crippen LogP contribution >= 0.6 is 0 Å². The molecular formula is C16H31NO2. The van der Waals surface area contributed by atoms with Gasteiger partial charge in [-0.2, -0.15) is 5.06 Å². The number of hydroxylamine groups is 2. The number of aliphatic hydroxyl groups is 1. The average Bonchev–Trinajstić information content (AvgIpc) is 2.64. The van der Waals surface area contributed by atoms with Crippen LogP contribution in [-0.2, 0) is 0 Å². The summed E-state index contributed by atoms with van der Waals surface area (Å²) < 4.78 is 0. The van der Waals surface area contributed by atoms with Crippen molar-refractivity contribution in [2.24, 2.45) is 0 Å². The highest BCUT2D eigenvalue weighted by Gasteiger charge is 2.38. The topological polar surface area (TPSA) is 43.7 Å². The molecule has 1 atom stereocenters. The number of hydrogen-bond acceptors (Lipinski definition) is 3. The normalized spacial score (nSPS) is 31.6. The lowest BCUT2D eigenvalue weighted by molar-refractivity contribution is -0.190. The van der Waals surface area contributed by atoms with E-state index < -0.39 is 0 Å².